The van der Waals surface area contributed by atoms with Crippen LogP contribution in [0.4, 0.5) is 5.69 Å². The Bertz CT molecular complexity index is 619. The van der Waals surface area contributed by atoms with Crippen molar-refractivity contribution in [1.82, 2.24) is 9.78 Å². The predicted octanol–water partition coefficient (Wildman–Crippen LogP) is 2.47. The summed E-state index contributed by atoms with van der Waals surface area (Å²) in [5.41, 5.74) is 1.68. The molecule has 0 radical (unpaired) electrons. The largest absolute Gasteiger partial charge is 0.284 e. The number of nitrogens with zero attached hydrogens (tertiary/aromatic N) is 2. The van der Waals surface area contributed by atoms with E-state index >= 15 is 0 Å². The van der Waals surface area contributed by atoms with Crippen molar-refractivity contribution >= 4 is 15.7 Å². The lowest BCUT2D eigenvalue weighted by Gasteiger charge is -2.08. The second kappa shape index (κ2) is 6.56. The molecule has 0 spiro atoms. The van der Waals surface area contributed by atoms with Gasteiger partial charge in [-0.1, -0.05) is 25.5 Å². The highest BCUT2D eigenvalue weighted by atomic mass is 32.2. The van der Waals surface area contributed by atoms with Gasteiger partial charge >= 0.3 is 0 Å². The number of hydrogen-bond donors (Lipinski definition) is 1. The minimum atomic E-state index is -3.23. The van der Waals surface area contributed by atoms with Crippen molar-refractivity contribution in [3.8, 4) is 0 Å². The maximum Gasteiger partial charge on any atom is 0.232 e. The van der Waals surface area contributed by atoms with E-state index < -0.39 is 10.0 Å². The molecule has 0 saturated heterocycles. The maximum absolute atomic E-state index is 11.8. The third-order valence-electron chi connectivity index (χ3n) is 2.90. The van der Waals surface area contributed by atoms with Crippen LogP contribution in [-0.2, 0) is 16.6 Å². The molecule has 6 heteroatoms. The molecule has 0 bridgehead atoms. The molecule has 0 aliphatic heterocycles. The molecule has 1 aromatic carbocycles. The van der Waals surface area contributed by atoms with E-state index in [1.165, 1.54) is 0 Å². The van der Waals surface area contributed by atoms with Crippen LogP contribution in [0.5, 0.6) is 0 Å². The van der Waals surface area contributed by atoms with E-state index in [-0.39, 0.29) is 5.75 Å². The highest BCUT2D eigenvalue weighted by molar-refractivity contribution is 7.92. The Balaban J connectivity index is 1.98. The van der Waals surface area contributed by atoms with Crippen molar-refractivity contribution in [3.05, 3.63) is 48.3 Å². The van der Waals surface area contributed by atoms with Crippen LogP contribution in [0, 0.1) is 0 Å². The van der Waals surface area contributed by atoms with Crippen molar-refractivity contribution in [2.45, 2.75) is 26.3 Å². The zero-order valence-electron chi connectivity index (χ0n) is 11.5. The normalized spacial score (nSPS) is 11.4. The molecule has 1 heterocycles. The lowest BCUT2D eigenvalue weighted by molar-refractivity contribution is 0.598. The molecule has 0 fully saturated rings. The Morgan fingerprint density at radius 2 is 2.00 bits per heavy atom. The molecule has 2 rings (SSSR count). The Morgan fingerprint density at radius 3 is 2.60 bits per heavy atom. The Hall–Kier alpha value is -1.82. The van der Waals surface area contributed by atoms with Crippen LogP contribution in [0.2, 0.25) is 0 Å². The zero-order chi connectivity index (χ0) is 14.4. The van der Waals surface area contributed by atoms with Gasteiger partial charge in [0.1, 0.15) is 0 Å². The summed E-state index contributed by atoms with van der Waals surface area (Å²) >= 11 is 0. The number of unbranched alkanes of at least 4 members (excludes halogenated alkanes) is 1. The van der Waals surface area contributed by atoms with Crippen LogP contribution in [0.3, 0.4) is 0 Å². The van der Waals surface area contributed by atoms with Crippen LogP contribution in [0.15, 0.2) is 42.7 Å². The summed E-state index contributed by atoms with van der Waals surface area (Å²) in [5, 5.41) is 4.13. The van der Waals surface area contributed by atoms with Gasteiger partial charge in [0.2, 0.25) is 10.0 Å². The summed E-state index contributed by atoms with van der Waals surface area (Å²) in [7, 11) is -3.23. The summed E-state index contributed by atoms with van der Waals surface area (Å²) < 4.78 is 28.0. The number of aromatic nitrogens is 2. The molecular weight excluding hydrogens is 274 g/mol. The van der Waals surface area contributed by atoms with E-state index in [9.17, 15) is 8.42 Å². The third kappa shape index (κ3) is 4.38. The monoisotopic (exact) mass is 293 g/mol. The van der Waals surface area contributed by atoms with E-state index in [1.54, 1.807) is 18.3 Å². The highest BCUT2D eigenvalue weighted by Gasteiger charge is 2.09. The molecule has 0 amide bonds. The topological polar surface area (TPSA) is 64.0 Å². The van der Waals surface area contributed by atoms with Gasteiger partial charge < -0.3 is 0 Å². The molecule has 20 heavy (non-hydrogen) atoms. The van der Waals surface area contributed by atoms with Crippen molar-refractivity contribution in [2.24, 2.45) is 0 Å². The van der Waals surface area contributed by atoms with Crippen LogP contribution < -0.4 is 4.72 Å². The van der Waals surface area contributed by atoms with Crippen molar-refractivity contribution < 1.29 is 8.42 Å². The zero-order valence-corrected chi connectivity index (χ0v) is 12.3. The molecule has 0 aliphatic carbocycles. The first kappa shape index (κ1) is 14.6. The molecule has 5 nitrogen and oxygen atoms in total. The minimum Gasteiger partial charge on any atom is -0.284 e. The van der Waals surface area contributed by atoms with E-state index in [0.29, 0.717) is 18.7 Å². The van der Waals surface area contributed by atoms with Crippen molar-refractivity contribution in [2.75, 3.05) is 10.5 Å². The lowest BCUT2D eigenvalue weighted by Crippen LogP contribution is -2.16. The van der Waals surface area contributed by atoms with E-state index in [1.807, 2.05) is 36.0 Å². The van der Waals surface area contributed by atoms with Gasteiger partial charge in [-0.15, -0.1) is 0 Å². The summed E-state index contributed by atoms with van der Waals surface area (Å²) in [6.45, 7) is 2.65. The van der Waals surface area contributed by atoms with Crippen LogP contribution in [0.1, 0.15) is 25.3 Å². The minimum absolute atomic E-state index is 0.165. The van der Waals surface area contributed by atoms with E-state index in [2.05, 4.69) is 9.82 Å². The number of rotatable bonds is 7. The van der Waals surface area contributed by atoms with Gasteiger partial charge in [-0.2, -0.15) is 5.10 Å². The summed E-state index contributed by atoms with van der Waals surface area (Å²) in [5.74, 6) is 0.165. The lowest BCUT2D eigenvalue weighted by atomic mass is 10.2. The number of benzene rings is 1. The Morgan fingerprint density at radius 1 is 1.25 bits per heavy atom. The first-order chi connectivity index (χ1) is 9.59. The molecule has 2 aromatic rings. The molecule has 1 N–H and O–H groups in total. The smallest absolute Gasteiger partial charge is 0.232 e. The van der Waals surface area contributed by atoms with Gasteiger partial charge in [0.15, 0.2) is 0 Å². The van der Waals surface area contributed by atoms with Gasteiger partial charge in [0, 0.05) is 18.1 Å². The summed E-state index contributed by atoms with van der Waals surface area (Å²) in [6.07, 6.45) is 5.16. The SMILES string of the molecule is CCCCS(=O)(=O)Nc1ccc(Cn2cccn2)cc1. The fourth-order valence-corrected chi connectivity index (χ4v) is 3.09. The van der Waals surface area contributed by atoms with E-state index in [0.717, 1.165) is 12.0 Å². The van der Waals surface area contributed by atoms with Crippen molar-refractivity contribution in [3.63, 3.8) is 0 Å². The molecule has 1 aromatic heterocycles. The number of hydrogen-bond acceptors (Lipinski definition) is 3. The van der Waals surface area contributed by atoms with Crippen LogP contribution in [-0.4, -0.2) is 24.0 Å². The summed E-state index contributed by atoms with van der Waals surface area (Å²) in [6, 6.07) is 9.24. The molecule has 0 atom stereocenters. The molecule has 0 saturated carbocycles. The molecule has 0 aliphatic rings. The number of sulfonamides is 1. The number of anilines is 1. The van der Waals surface area contributed by atoms with E-state index in [4.69, 9.17) is 0 Å². The van der Waals surface area contributed by atoms with Gasteiger partial charge in [-0.3, -0.25) is 9.40 Å². The van der Waals surface area contributed by atoms with Gasteiger partial charge in [-0.05, 0) is 30.2 Å². The maximum atomic E-state index is 11.8. The van der Waals surface area contributed by atoms with Crippen LogP contribution in [0.25, 0.3) is 0 Å². The predicted molar refractivity (Wildman–Crippen MR) is 80.1 cm³/mol. The highest BCUT2D eigenvalue weighted by Crippen LogP contribution is 2.13. The second-order valence-corrected chi connectivity index (χ2v) is 6.52. The Labute approximate surface area is 119 Å². The molecule has 0 unspecified atom stereocenters. The van der Waals surface area contributed by atoms with Crippen LogP contribution >= 0.6 is 0 Å². The Kier molecular flexibility index (Phi) is 4.79. The van der Waals surface area contributed by atoms with Gasteiger partial charge in [0.05, 0.1) is 12.3 Å². The fraction of sp³-hybridized carbons (Fsp3) is 0.357. The van der Waals surface area contributed by atoms with Gasteiger partial charge in [0.25, 0.3) is 0 Å². The molecular formula is C14H19N3O2S. The summed E-state index contributed by atoms with van der Waals surface area (Å²) in [4.78, 5) is 0. The number of nitrogens with one attached hydrogen (secondary N) is 1. The first-order valence-corrected chi connectivity index (χ1v) is 8.31. The standard InChI is InChI=1S/C14H19N3O2S/c1-2-3-11-20(18,19)16-14-7-5-13(6-8-14)12-17-10-4-9-15-17/h4-10,16H,2-3,11-12H2,1H3. The second-order valence-electron chi connectivity index (χ2n) is 4.68. The average Bonchev–Trinajstić information content (AvgIpc) is 2.91. The molecule has 108 valence electrons. The van der Waals surface area contributed by atoms with Crippen molar-refractivity contribution in [1.29, 1.82) is 0 Å². The first-order valence-electron chi connectivity index (χ1n) is 6.66. The quantitative estimate of drug-likeness (QED) is 0.853. The fourth-order valence-electron chi connectivity index (χ4n) is 1.82. The average molecular weight is 293 g/mol. The van der Waals surface area contributed by atoms with Gasteiger partial charge in [-0.25, -0.2) is 8.42 Å². The third-order valence-corrected chi connectivity index (χ3v) is 4.27.